The lowest BCUT2D eigenvalue weighted by Gasteiger charge is -2.16. The highest BCUT2D eigenvalue weighted by molar-refractivity contribution is 7.89. The molecule has 1 aliphatic heterocycles. The van der Waals surface area contributed by atoms with E-state index in [9.17, 15) is 18.5 Å². The van der Waals surface area contributed by atoms with Crippen molar-refractivity contribution >= 4 is 21.4 Å². The van der Waals surface area contributed by atoms with Gasteiger partial charge in [0.25, 0.3) is 5.69 Å². The second-order valence-corrected chi connectivity index (χ2v) is 6.78. The smallest absolute Gasteiger partial charge is 0.293 e. The number of nitro groups is 1. The number of benzene rings is 1. The Balaban J connectivity index is 2.40. The second kappa shape index (κ2) is 5.35. The highest BCUT2D eigenvalue weighted by atomic mass is 32.2. The molecule has 110 valence electrons. The predicted octanol–water partition coefficient (Wildman–Crippen LogP) is 0.911. The molecular weight excluding hydrogens is 284 g/mol. The lowest BCUT2D eigenvalue weighted by molar-refractivity contribution is -0.384. The van der Waals surface area contributed by atoms with Gasteiger partial charge in [0, 0.05) is 19.2 Å². The van der Waals surface area contributed by atoms with Crippen molar-refractivity contribution < 1.29 is 13.3 Å². The van der Waals surface area contributed by atoms with E-state index in [0.29, 0.717) is 19.0 Å². The Morgan fingerprint density at radius 2 is 2.20 bits per heavy atom. The van der Waals surface area contributed by atoms with E-state index >= 15 is 0 Å². The summed E-state index contributed by atoms with van der Waals surface area (Å²) in [6.07, 6.45) is 0.814. The molecule has 0 amide bonds. The average Bonchev–Trinajstić information content (AvgIpc) is 2.85. The summed E-state index contributed by atoms with van der Waals surface area (Å²) in [6, 6.07) is 3.56. The van der Waals surface area contributed by atoms with Crippen LogP contribution in [0.5, 0.6) is 0 Å². The molecule has 1 fully saturated rings. The Hall–Kier alpha value is -1.71. The van der Waals surface area contributed by atoms with E-state index in [2.05, 4.69) is 5.43 Å². The average molecular weight is 300 g/mol. The topological polar surface area (TPSA) is 119 Å². The van der Waals surface area contributed by atoms with Crippen LogP contribution in [0.15, 0.2) is 23.1 Å². The first-order valence-corrected chi connectivity index (χ1v) is 7.55. The minimum Gasteiger partial charge on any atom is -0.318 e. The van der Waals surface area contributed by atoms with Crippen LogP contribution < -0.4 is 11.3 Å². The van der Waals surface area contributed by atoms with Gasteiger partial charge in [-0.3, -0.25) is 16.0 Å². The molecule has 1 atom stereocenters. The van der Waals surface area contributed by atoms with E-state index in [1.165, 1.54) is 16.4 Å². The summed E-state index contributed by atoms with van der Waals surface area (Å²) in [6.45, 7) is 2.91. The molecule has 1 heterocycles. The lowest BCUT2D eigenvalue weighted by atomic mass is 10.2. The largest absolute Gasteiger partial charge is 0.318 e. The van der Waals surface area contributed by atoms with Crippen LogP contribution in [0.2, 0.25) is 0 Å². The van der Waals surface area contributed by atoms with Gasteiger partial charge in [0.2, 0.25) is 10.0 Å². The first-order valence-electron chi connectivity index (χ1n) is 6.11. The predicted molar refractivity (Wildman–Crippen MR) is 73.4 cm³/mol. The van der Waals surface area contributed by atoms with Crippen molar-refractivity contribution in [2.45, 2.75) is 18.2 Å². The highest BCUT2D eigenvalue weighted by Gasteiger charge is 2.31. The zero-order valence-electron chi connectivity index (χ0n) is 10.9. The van der Waals surface area contributed by atoms with Crippen molar-refractivity contribution in [2.75, 3.05) is 18.5 Å². The Morgan fingerprint density at radius 3 is 2.70 bits per heavy atom. The van der Waals surface area contributed by atoms with Crippen LogP contribution in [-0.4, -0.2) is 30.7 Å². The molecule has 1 unspecified atom stereocenters. The number of nitrogens with two attached hydrogens (primary N) is 1. The van der Waals surface area contributed by atoms with Crippen molar-refractivity contribution in [3.63, 3.8) is 0 Å². The zero-order valence-corrected chi connectivity index (χ0v) is 11.8. The summed E-state index contributed by atoms with van der Waals surface area (Å²) in [5.41, 5.74) is 1.88. The fourth-order valence-corrected chi connectivity index (χ4v) is 3.81. The van der Waals surface area contributed by atoms with Crippen LogP contribution in [-0.2, 0) is 10.0 Å². The summed E-state index contributed by atoms with van der Waals surface area (Å²) >= 11 is 0. The maximum absolute atomic E-state index is 12.4. The summed E-state index contributed by atoms with van der Waals surface area (Å²) in [5.74, 6) is 5.53. The van der Waals surface area contributed by atoms with Crippen LogP contribution in [0, 0.1) is 16.0 Å². The molecule has 0 spiro atoms. The first-order chi connectivity index (χ1) is 9.36. The van der Waals surface area contributed by atoms with Crippen molar-refractivity contribution in [2.24, 2.45) is 11.8 Å². The van der Waals surface area contributed by atoms with Gasteiger partial charge in [-0.05, 0) is 24.5 Å². The van der Waals surface area contributed by atoms with Crippen molar-refractivity contribution in [1.82, 2.24) is 4.31 Å². The van der Waals surface area contributed by atoms with E-state index in [1.807, 2.05) is 6.92 Å². The number of nitrogens with one attached hydrogen (secondary N) is 1. The first kappa shape index (κ1) is 14.7. The fourth-order valence-electron chi connectivity index (χ4n) is 2.21. The van der Waals surface area contributed by atoms with Gasteiger partial charge >= 0.3 is 0 Å². The number of rotatable bonds is 4. The monoisotopic (exact) mass is 300 g/mol. The summed E-state index contributed by atoms with van der Waals surface area (Å²) in [5, 5.41) is 10.8. The van der Waals surface area contributed by atoms with Crippen LogP contribution in [0.25, 0.3) is 0 Å². The minimum atomic E-state index is -3.63. The third kappa shape index (κ3) is 2.60. The standard InChI is InChI=1S/C11H16N4O4S/c1-8-4-5-14(7-8)20(18,19)9-2-3-11(15(16)17)10(6-9)13-12/h2-3,6,8,13H,4-5,7,12H2,1H3. The molecule has 1 saturated heterocycles. The molecule has 9 heteroatoms. The van der Waals surface area contributed by atoms with Crippen LogP contribution in [0.4, 0.5) is 11.4 Å². The fraction of sp³-hybridized carbons (Fsp3) is 0.455. The number of hydrogen-bond acceptors (Lipinski definition) is 6. The molecule has 1 aliphatic rings. The highest BCUT2D eigenvalue weighted by Crippen LogP contribution is 2.30. The molecule has 0 saturated carbocycles. The van der Waals surface area contributed by atoms with E-state index < -0.39 is 14.9 Å². The van der Waals surface area contributed by atoms with Gasteiger partial charge in [-0.2, -0.15) is 4.31 Å². The van der Waals surface area contributed by atoms with Gasteiger partial charge in [0.1, 0.15) is 5.69 Å². The van der Waals surface area contributed by atoms with Gasteiger partial charge in [-0.25, -0.2) is 8.42 Å². The minimum absolute atomic E-state index is 0.00477. The number of nitrogen functional groups attached to an aromatic ring is 1. The number of nitro benzene ring substituents is 1. The van der Waals surface area contributed by atoms with Crippen molar-refractivity contribution in [3.05, 3.63) is 28.3 Å². The van der Waals surface area contributed by atoms with E-state index in [4.69, 9.17) is 5.84 Å². The van der Waals surface area contributed by atoms with E-state index in [-0.39, 0.29) is 16.3 Å². The maximum Gasteiger partial charge on any atom is 0.293 e. The molecule has 1 aromatic rings. The van der Waals surface area contributed by atoms with Gasteiger partial charge < -0.3 is 5.43 Å². The van der Waals surface area contributed by atoms with Gasteiger partial charge in [0.05, 0.1) is 9.82 Å². The Morgan fingerprint density at radius 1 is 1.50 bits per heavy atom. The van der Waals surface area contributed by atoms with Gasteiger partial charge in [-0.15, -0.1) is 0 Å². The SMILES string of the molecule is CC1CCN(S(=O)(=O)c2ccc([N+](=O)[O-])c(NN)c2)C1. The molecular formula is C11H16N4O4S. The van der Waals surface area contributed by atoms with E-state index in [0.717, 1.165) is 12.5 Å². The Labute approximate surface area is 116 Å². The summed E-state index contributed by atoms with van der Waals surface area (Å²) < 4.78 is 26.2. The second-order valence-electron chi connectivity index (χ2n) is 4.84. The zero-order chi connectivity index (χ0) is 14.9. The van der Waals surface area contributed by atoms with Gasteiger partial charge in [0.15, 0.2) is 0 Å². The Kier molecular flexibility index (Phi) is 3.93. The van der Waals surface area contributed by atoms with Crippen molar-refractivity contribution in [1.29, 1.82) is 0 Å². The number of anilines is 1. The molecule has 3 N–H and O–H groups in total. The third-order valence-corrected chi connectivity index (χ3v) is 5.21. The molecule has 8 nitrogen and oxygen atoms in total. The summed E-state index contributed by atoms with van der Waals surface area (Å²) in [7, 11) is -3.63. The van der Waals surface area contributed by atoms with Crippen LogP contribution in [0.1, 0.15) is 13.3 Å². The van der Waals surface area contributed by atoms with E-state index in [1.54, 1.807) is 0 Å². The lowest BCUT2D eigenvalue weighted by Crippen LogP contribution is -2.28. The summed E-state index contributed by atoms with van der Waals surface area (Å²) in [4.78, 5) is 10.2. The molecule has 0 bridgehead atoms. The Bertz CT molecular complexity index is 631. The number of hydrazine groups is 1. The van der Waals surface area contributed by atoms with Crippen molar-refractivity contribution in [3.8, 4) is 0 Å². The molecule has 0 radical (unpaired) electrons. The molecule has 0 aliphatic carbocycles. The quantitative estimate of drug-likeness (QED) is 0.484. The normalized spacial score (nSPS) is 20.0. The maximum atomic E-state index is 12.4. The van der Waals surface area contributed by atoms with Crippen LogP contribution in [0.3, 0.4) is 0 Å². The van der Waals surface area contributed by atoms with Crippen LogP contribution >= 0.6 is 0 Å². The molecule has 2 rings (SSSR count). The molecule has 0 aromatic heterocycles. The molecule has 1 aromatic carbocycles. The number of hydrogen-bond donors (Lipinski definition) is 2. The number of nitrogens with zero attached hydrogens (tertiary/aromatic N) is 2. The third-order valence-electron chi connectivity index (χ3n) is 3.34. The van der Waals surface area contributed by atoms with Gasteiger partial charge in [-0.1, -0.05) is 6.92 Å². The number of sulfonamides is 1. The molecule has 20 heavy (non-hydrogen) atoms.